The van der Waals surface area contributed by atoms with Gasteiger partial charge in [0.2, 0.25) is 0 Å². The van der Waals surface area contributed by atoms with Gasteiger partial charge in [0.1, 0.15) is 5.69 Å². The molecule has 0 radical (unpaired) electrons. The summed E-state index contributed by atoms with van der Waals surface area (Å²) < 4.78 is 1.68. The molecule has 0 bridgehead atoms. The Morgan fingerprint density at radius 1 is 0.862 bits per heavy atom. The Hall–Kier alpha value is -2.21. The highest BCUT2D eigenvalue weighted by Gasteiger charge is 2.26. The van der Waals surface area contributed by atoms with Crippen LogP contribution in [0.2, 0.25) is 15.1 Å². The summed E-state index contributed by atoms with van der Waals surface area (Å²) in [5.74, 6) is -0.0330. The minimum Gasteiger partial charge on any atom is -0.368 e. The van der Waals surface area contributed by atoms with E-state index in [1.165, 1.54) is 0 Å². The van der Waals surface area contributed by atoms with Crippen LogP contribution in [0.15, 0.2) is 48.5 Å². The Morgan fingerprint density at radius 2 is 1.52 bits per heavy atom. The molecule has 0 saturated carbocycles. The van der Waals surface area contributed by atoms with Gasteiger partial charge in [-0.1, -0.05) is 34.8 Å². The zero-order chi connectivity index (χ0) is 20.5. The highest BCUT2D eigenvalue weighted by atomic mass is 35.5. The van der Waals surface area contributed by atoms with Gasteiger partial charge in [0.05, 0.1) is 21.4 Å². The van der Waals surface area contributed by atoms with E-state index in [4.69, 9.17) is 34.8 Å². The first-order valence-electron chi connectivity index (χ1n) is 9.24. The van der Waals surface area contributed by atoms with Crippen LogP contribution in [0.5, 0.6) is 0 Å². The second kappa shape index (κ2) is 8.27. The van der Waals surface area contributed by atoms with E-state index in [1.807, 2.05) is 42.2 Å². The van der Waals surface area contributed by atoms with Crippen molar-refractivity contribution in [2.24, 2.45) is 0 Å². The summed E-state index contributed by atoms with van der Waals surface area (Å²) in [5, 5.41) is 6.21. The van der Waals surface area contributed by atoms with Gasteiger partial charge in [-0.2, -0.15) is 5.10 Å². The Balaban J connectivity index is 1.50. The zero-order valence-corrected chi connectivity index (χ0v) is 18.0. The van der Waals surface area contributed by atoms with Crippen LogP contribution in [0.3, 0.4) is 0 Å². The fraction of sp³-hybridized carbons (Fsp3) is 0.238. The summed E-state index contributed by atoms with van der Waals surface area (Å²) in [6.07, 6.45) is 0. The Bertz CT molecular complexity index is 1040. The third kappa shape index (κ3) is 4.22. The lowest BCUT2D eigenvalue weighted by molar-refractivity contribution is 0.0737. The number of anilines is 1. The number of piperazine rings is 1. The summed E-state index contributed by atoms with van der Waals surface area (Å²) in [7, 11) is 0. The van der Waals surface area contributed by atoms with E-state index in [0.717, 1.165) is 30.2 Å². The van der Waals surface area contributed by atoms with Crippen LogP contribution < -0.4 is 4.90 Å². The topological polar surface area (TPSA) is 41.4 Å². The monoisotopic (exact) mass is 448 g/mol. The maximum Gasteiger partial charge on any atom is 0.272 e. The van der Waals surface area contributed by atoms with Crippen LogP contribution in [0.1, 0.15) is 16.2 Å². The van der Waals surface area contributed by atoms with Crippen molar-refractivity contribution in [2.75, 3.05) is 31.1 Å². The highest BCUT2D eigenvalue weighted by Crippen LogP contribution is 2.28. The number of carbonyl (C=O) groups is 1. The van der Waals surface area contributed by atoms with Crippen molar-refractivity contribution >= 4 is 46.4 Å². The number of amides is 1. The van der Waals surface area contributed by atoms with Gasteiger partial charge in [0, 0.05) is 36.9 Å². The Labute approximate surface area is 184 Å². The number of halogens is 3. The number of rotatable bonds is 3. The molecule has 1 aliphatic rings. The van der Waals surface area contributed by atoms with Gasteiger partial charge in [-0.05, 0) is 55.5 Å². The van der Waals surface area contributed by atoms with E-state index in [-0.39, 0.29) is 5.91 Å². The normalized spacial score (nSPS) is 14.3. The maximum absolute atomic E-state index is 13.2. The minimum absolute atomic E-state index is 0.0330. The quantitative estimate of drug-likeness (QED) is 0.558. The first-order valence-corrected chi connectivity index (χ1v) is 10.4. The van der Waals surface area contributed by atoms with Gasteiger partial charge in [-0.15, -0.1) is 0 Å². The second-order valence-electron chi connectivity index (χ2n) is 6.94. The number of hydrogen-bond donors (Lipinski definition) is 0. The molecule has 29 heavy (non-hydrogen) atoms. The standard InChI is InChI=1S/C21H19Cl3N4O/c1-14-12-20(28(25-14)16-4-2-15(22)3-5-16)21(29)27-10-8-26(9-11-27)17-6-7-18(23)19(24)13-17/h2-7,12-13H,8-11H2,1H3. The average molecular weight is 450 g/mol. The van der Waals surface area contributed by atoms with Gasteiger partial charge in [-0.25, -0.2) is 4.68 Å². The fourth-order valence-electron chi connectivity index (χ4n) is 3.44. The maximum atomic E-state index is 13.2. The number of aryl methyl sites for hydroxylation is 1. The molecule has 2 heterocycles. The molecule has 0 N–H and O–H groups in total. The van der Waals surface area contributed by atoms with Crippen molar-refractivity contribution in [2.45, 2.75) is 6.92 Å². The first-order chi connectivity index (χ1) is 13.9. The van der Waals surface area contributed by atoms with Crippen LogP contribution in [-0.2, 0) is 0 Å². The van der Waals surface area contributed by atoms with Crippen molar-refractivity contribution in [3.05, 3.63) is 75.0 Å². The lowest BCUT2D eigenvalue weighted by Gasteiger charge is -2.36. The van der Waals surface area contributed by atoms with E-state index < -0.39 is 0 Å². The van der Waals surface area contributed by atoms with Crippen molar-refractivity contribution in [3.63, 3.8) is 0 Å². The average Bonchev–Trinajstić information content (AvgIpc) is 3.12. The smallest absolute Gasteiger partial charge is 0.272 e. The summed E-state index contributed by atoms with van der Waals surface area (Å²) in [4.78, 5) is 17.3. The molecule has 0 unspecified atom stereocenters. The Kier molecular flexibility index (Phi) is 5.72. The molecule has 3 aromatic rings. The molecule has 0 atom stereocenters. The highest BCUT2D eigenvalue weighted by molar-refractivity contribution is 6.42. The second-order valence-corrected chi connectivity index (χ2v) is 8.19. The number of nitrogens with zero attached hydrogens (tertiary/aromatic N) is 4. The van der Waals surface area contributed by atoms with E-state index in [2.05, 4.69) is 10.00 Å². The molecule has 8 heteroatoms. The lowest BCUT2D eigenvalue weighted by Crippen LogP contribution is -2.49. The molecule has 1 fully saturated rings. The lowest BCUT2D eigenvalue weighted by atomic mass is 10.2. The molecular formula is C21H19Cl3N4O. The SMILES string of the molecule is Cc1cc(C(=O)N2CCN(c3ccc(Cl)c(Cl)c3)CC2)n(-c2ccc(Cl)cc2)n1. The van der Waals surface area contributed by atoms with Crippen LogP contribution in [0, 0.1) is 6.92 Å². The third-order valence-electron chi connectivity index (χ3n) is 4.96. The number of hydrogen-bond acceptors (Lipinski definition) is 3. The largest absolute Gasteiger partial charge is 0.368 e. The van der Waals surface area contributed by atoms with Crippen LogP contribution in [-0.4, -0.2) is 46.8 Å². The van der Waals surface area contributed by atoms with Crippen molar-refractivity contribution in [1.82, 2.24) is 14.7 Å². The van der Waals surface area contributed by atoms with E-state index in [0.29, 0.717) is 33.9 Å². The first kappa shape index (κ1) is 20.1. The van der Waals surface area contributed by atoms with Crippen LogP contribution in [0.4, 0.5) is 5.69 Å². The molecular weight excluding hydrogens is 431 g/mol. The molecule has 0 spiro atoms. The van der Waals surface area contributed by atoms with Crippen molar-refractivity contribution in [1.29, 1.82) is 0 Å². The van der Waals surface area contributed by atoms with Gasteiger partial charge >= 0.3 is 0 Å². The zero-order valence-electron chi connectivity index (χ0n) is 15.8. The van der Waals surface area contributed by atoms with E-state index in [1.54, 1.807) is 22.9 Å². The molecule has 0 aliphatic carbocycles. The number of carbonyl (C=O) groups excluding carboxylic acids is 1. The van der Waals surface area contributed by atoms with E-state index in [9.17, 15) is 4.79 Å². The van der Waals surface area contributed by atoms with Gasteiger partial charge in [0.15, 0.2) is 0 Å². The molecule has 5 nitrogen and oxygen atoms in total. The van der Waals surface area contributed by atoms with Gasteiger partial charge in [-0.3, -0.25) is 4.79 Å². The van der Waals surface area contributed by atoms with Crippen molar-refractivity contribution < 1.29 is 4.79 Å². The Morgan fingerprint density at radius 3 is 2.17 bits per heavy atom. The molecule has 2 aromatic carbocycles. The summed E-state index contributed by atoms with van der Waals surface area (Å²) in [6.45, 7) is 4.55. The summed E-state index contributed by atoms with van der Waals surface area (Å²) in [6, 6.07) is 14.7. The summed E-state index contributed by atoms with van der Waals surface area (Å²) in [5.41, 5.74) is 3.15. The van der Waals surface area contributed by atoms with Gasteiger partial charge in [0.25, 0.3) is 5.91 Å². The third-order valence-corrected chi connectivity index (χ3v) is 5.95. The fourth-order valence-corrected chi connectivity index (χ4v) is 3.86. The minimum atomic E-state index is -0.0330. The van der Waals surface area contributed by atoms with E-state index >= 15 is 0 Å². The van der Waals surface area contributed by atoms with Crippen LogP contribution in [0.25, 0.3) is 5.69 Å². The predicted octanol–water partition coefficient (Wildman–Crippen LogP) is 5.10. The molecule has 1 saturated heterocycles. The molecule has 1 aromatic heterocycles. The molecule has 1 aliphatic heterocycles. The number of benzene rings is 2. The van der Waals surface area contributed by atoms with Crippen LogP contribution >= 0.6 is 34.8 Å². The van der Waals surface area contributed by atoms with Gasteiger partial charge < -0.3 is 9.80 Å². The molecule has 4 rings (SSSR count). The molecule has 150 valence electrons. The predicted molar refractivity (Wildman–Crippen MR) is 118 cm³/mol. The number of aromatic nitrogens is 2. The van der Waals surface area contributed by atoms with Crippen molar-refractivity contribution in [3.8, 4) is 5.69 Å². The molecule has 1 amide bonds. The summed E-state index contributed by atoms with van der Waals surface area (Å²) >= 11 is 18.1.